The Morgan fingerprint density at radius 2 is 2.22 bits per heavy atom. The summed E-state index contributed by atoms with van der Waals surface area (Å²) in [5.74, 6) is -0.200. The van der Waals surface area contributed by atoms with Gasteiger partial charge in [-0.3, -0.25) is 9.89 Å². The Bertz CT molecular complexity index is 556. The number of aliphatic hydroxyl groups is 1. The number of nitrogens with one attached hydrogen (secondary N) is 2. The van der Waals surface area contributed by atoms with Crippen molar-refractivity contribution in [3.8, 4) is 0 Å². The first-order valence-corrected chi connectivity index (χ1v) is 5.64. The van der Waals surface area contributed by atoms with Crippen LogP contribution in [0.15, 0.2) is 24.3 Å². The minimum atomic E-state index is -0.200. The van der Waals surface area contributed by atoms with Gasteiger partial charge in [0.15, 0.2) is 0 Å². The second-order valence-electron chi connectivity index (χ2n) is 4.12. The predicted molar refractivity (Wildman–Crippen MR) is 68.4 cm³/mol. The van der Waals surface area contributed by atoms with Crippen molar-refractivity contribution in [3.63, 3.8) is 0 Å². The number of aryl methyl sites for hydroxylation is 2. The molecule has 0 bridgehead atoms. The lowest BCUT2D eigenvalue weighted by atomic mass is 10.1. The van der Waals surface area contributed by atoms with E-state index in [9.17, 15) is 4.79 Å². The van der Waals surface area contributed by atoms with Gasteiger partial charge in [0.25, 0.3) is 5.91 Å². The summed E-state index contributed by atoms with van der Waals surface area (Å²) in [4.78, 5) is 12.1. The van der Waals surface area contributed by atoms with Crippen LogP contribution < -0.4 is 5.32 Å². The van der Waals surface area contributed by atoms with E-state index in [1.165, 1.54) is 0 Å². The van der Waals surface area contributed by atoms with Gasteiger partial charge in [0.05, 0.1) is 17.9 Å². The topological polar surface area (TPSA) is 78.0 Å². The minimum Gasteiger partial charge on any atom is -0.392 e. The van der Waals surface area contributed by atoms with Crippen LogP contribution in [0.5, 0.6) is 0 Å². The van der Waals surface area contributed by atoms with Crippen LogP contribution in [0.1, 0.15) is 27.3 Å². The summed E-state index contributed by atoms with van der Waals surface area (Å²) in [6.45, 7) is 3.54. The molecule has 18 heavy (non-hydrogen) atoms. The number of benzene rings is 1. The number of rotatable bonds is 3. The van der Waals surface area contributed by atoms with Crippen LogP contribution >= 0.6 is 0 Å². The molecular weight excluding hydrogens is 230 g/mol. The normalized spacial score (nSPS) is 10.4. The smallest absolute Gasteiger partial charge is 0.259 e. The average Bonchev–Trinajstić information content (AvgIpc) is 2.69. The Hall–Kier alpha value is -2.14. The summed E-state index contributed by atoms with van der Waals surface area (Å²) < 4.78 is 0. The number of amides is 1. The van der Waals surface area contributed by atoms with Crippen LogP contribution in [0.3, 0.4) is 0 Å². The summed E-state index contributed by atoms with van der Waals surface area (Å²) in [6.07, 6.45) is 0. The molecule has 1 aromatic carbocycles. The van der Waals surface area contributed by atoms with Crippen LogP contribution in [0.2, 0.25) is 0 Å². The largest absolute Gasteiger partial charge is 0.392 e. The van der Waals surface area contributed by atoms with E-state index in [1.54, 1.807) is 38.1 Å². The second kappa shape index (κ2) is 5.01. The number of nitrogens with zero attached hydrogens (tertiary/aromatic N) is 1. The molecule has 5 nitrogen and oxygen atoms in total. The molecule has 0 aliphatic heterocycles. The van der Waals surface area contributed by atoms with Gasteiger partial charge in [0.2, 0.25) is 0 Å². The number of aromatic amines is 1. The van der Waals surface area contributed by atoms with Crippen molar-refractivity contribution in [3.05, 3.63) is 46.8 Å². The highest BCUT2D eigenvalue weighted by Gasteiger charge is 2.15. The zero-order valence-electron chi connectivity index (χ0n) is 10.3. The molecule has 0 aliphatic rings. The molecule has 0 radical (unpaired) electrons. The van der Waals surface area contributed by atoms with Crippen LogP contribution in [0.25, 0.3) is 0 Å². The van der Waals surface area contributed by atoms with Gasteiger partial charge in [-0.1, -0.05) is 12.1 Å². The lowest BCUT2D eigenvalue weighted by molar-refractivity contribution is 0.102. The maximum atomic E-state index is 12.1. The third-order valence-corrected chi connectivity index (χ3v) is 2.72. The molecule has 2 rings (SSSR count). The monoisotopic (exact) mass is 245 g/mol. The maximum absolute atomic E-state index is 12.1. The van der Waals surface area contributed by atoms with Crippen LogP contribution in [-0.2, 0) is 6.61 Å². The molecule has 0 saturated heterocycles. The molecule has 3 N–H and O–H groups in total. The van der Waals surface area contributed by atoms with E-state index in [2.05, 4.69) is 15.5 Å². The van der Waals surface area contributed by atoms with E-state index in [1.807, 2.05) is 0 Å². The highest BCUT2D eigenvalue weighted by atomic mass is 16.3. The van der Waals surface area contributed by atoms with Crippen molar-refractivity contribution in [1.29, 1.82) is 0 Å². The van der Waals surface area contributed by atoms with Gasteiger partial charge in [-0.15, -0.1) is 0 Å². The summed E-state index contributed by atoms with van der Waals surface area (Å²) in [5.41, 5.74) is 3.39. The van der Waals surface area contributed by atoms with Crippen LogP contribution in [0.4, 0.5) is 5.69 Å². The Labute approximate surface area is 105 Å². The van der Waals surface area contributed by atoms with E-state index < -0.39 is 0 Å². The minimum absolute atomic E-state index is 0.0481. The fraction of sp³-hybridized carbons (Fsp3) is 0.231. The molecule has 1 aromatic heterocycles. The standard InChI is InChI=1S/C13H15N3O2/c1-8-12(9(2)16-15-8)13(18)14-11-5-3-4-10(6-11)7-17/h3-6,17H,7H2,1-2H3,(H,14,18)(H,15,16). The average molecular weight is 245 g/mol. The number of carbonyl (C=O) groups excluding carboxylic acids is 1. The summed E-state index contributed by atoms with van der Waals surface area (Å²) in [6, 6.07) is 7.10. The number of anilines is 1. The molecule has 1 amide bonds. The molecule has 0 atom stereocenters. The van der Waals surface area contributed by atoms with Crippen molar-refractivity contribution in [1.82, 2.24) is 10.2 Å². The van der Waals surface area contributed by atoms with Gasteiger partial charge in [-0.25, -0.2) is 0 Å². The van der Waals surface area contributed by atoms with Gasteiger partial charge < -0.3 is 10.4 Å². The van der Waals surface area contributed by atoms with E-state index in [-0.39, 0.29) is 12.5 Å². The lowest BCUT2D eigenvalue weighted by Gasteiger charge is -2.06. The van der Waals surface area contributed by atoms with Crippen molar-refractivity contribution in [2.75, 3.05) is 5.32 Å². The van der Waals surface area contributed by atoms with Crippen LogP contribution in [-0.4, -0.2) is 21.2 Å². The number of hydrogen-bond donors (Lipinski definition) is 3. The maximum Gasteiger partial charge on any atom is 0.259 e. The molecular formula is C13H15N3O2. The molecule has 94 valence electrons. The van der Waals surface area contributed by atoms with Gasteiger partial charge in [-0.05, 0) is 31.5 Å². The third kappa shape index (κ3) is 2.41. The van der Waals surface area contributed by atoms with Gasteiger partial charge in [0.1, 0.15) is 0 Å². The van der Waals surface area contributed by atoms with Crippen molar-refractivity contribution < 1.29 is 9.90 Å². The summed E-state index contributed by atoms with van der Waals surface area (Å²) >= 11 is 0. The second-order valence-corrected chi connectivity index (χ2v) is 4.12. The molecule has 0 unspecified atom stereocenters. The van der Waals surface area contributed by atoms with Crippen molar-refractivity contribution in [2.24, 2.45) is 0 Å². The molecule has 0 spiro atoms. The molecule has 5 heteroatoms. The first-order chi connectivity index (χ1) is 8.61. The fourth-order valence-corrected chi connectivity index (χ4v) is 1.83. The third-order valence-electron chi connectivity index (χ3n) is 2.72. The highest BCUT2D eigenvalue weighted by molar-refractivity contribution is 6.05. The van der Waals surface area contributed by atoms with Crippen molar-refractivity contribution in [2.45, 2.75) is 20.5 Å². The van der Waals surface area contributed by atoms with Gasteiger partial charge in [-0.2, -0.15) is 5.10 Å². The molecule has 0 aliphatic carbocycles. The van der Waals surface area contributed by atoms with E-state index in [0.717, 1.165) is 11.3 Å². The number of carbonyl (C=O) groups is 1. The highest BCUT2D eigenvalue weighted by Crippen LogP contribution is 2.15. The van der Waals surface area contributed by atoms with Gasteiger partial charge in [0, 0.05) is 11.4 Å². The molecule has 1 heterocycles. The predicted octanol–water partition coefficient (Wildman–Crippen LogP) is 1.77. The molecule has 0 fully saturated rings. The van der Waals surface area contributed by atoms with Gasteiger partial charge >= 0.3 is 0 Å². The molecule has 2 aromatic rings. The zero-order valence-corrected chi connectivity index (χ0v) is 10.3. The summed E-state index contributed by atoms with van der Waals surface area (Å²) in [7, 11) is 0. The van der Waals surface area contributed by atoms with E-state index >= 15 is 0 Å². The fourth-order valence-electron chi connectivity index (χ4n) is 1.83. The number of hydrogen-bond acceptors (Lipinski definition) is 3. The number of aromatic nitrogens is 2. The summed E-state index contributed by atoms with van der Waals surface area (Å²) in [5, 5.41) is 18.6. The Morgan fingerprint density at radius 3 is 2.83 bits per heavy atom. The Kier molecular flexibility index (Phi) is 3.43. The van der Waals surface area contributed by atoms with Crippen LogP contribution in [0, 0.1) is 13.8 Å². The lowest BCUT2D eigenvalue weighted by Crippen LogP contribution is -2.13. The number of H-pyrrole nitrogens is 1. The van der Waals surface area contributed by atoms with E-state index in [4.69, 9.17) is 5.11 Å². The Morgan fingerprint density at radius 1 is 1.44 bits per heavy atom. The molecule has 0 saturated carbocycles. The van der Waals surface area contributed by atoms with Crippen molar-refractivity contribution >= 4 is 11.6 Å². The number of aliphatic hydroxyl groups excluding tert-OH is 1. The SMILES string of the molecule is Cc1n[nH]c(C)c1C(=O)Nc1cccc(CO)c1. The Balaban J connectivity index is 2.21. The first-order valence-electron chi connectivity index (χ1n) is 5.64. The van der Waals surface area contributed by atoms with E-state index in [0.29, 0.717) is 16.9 Å². The quantitative estimate of drug-likeness (QED) is 0.771. The first kappa shape index (κ1) is 12.3. The zero-order chi connectivity index (χ0) is 13.1.